The van der Waals surface area contributed by atoms with Gasteiger partial charge >= 0.3 is 0 Å². The number of aryl methyl sites for hydroxylation is 1. The summed E-state index contributed by atoms with van der Waals surface area (Å²) in [5.41, 5.74) is 3.50. The second-order valence-corrected chi connectivity index (χ2v) is 4.64. The zero-order valence-corrected chi connectivity index (χ0v) is 10.3. The summed E-state index contributed by atoms with van der Waals surface area (Å²) in [6.45, 7) is 6.96. The van der Waals surface area contributed by atoms with Gasteiger partial charge in [-0.25, -0.2) is 0 Å². The Kier molecular flexibility index (Phi) is 3.20. The van der Waals surface area contributed by atoms with E-state index >= 15 is 0 Å². The molecule has 16 heavy (non-hydrogen) atoms. The number of ether oxygens (including phenoxy) is 1. The predicted molar refractivity (Wildman–Crippen MR) is 65.0 cm³/mol. The lowest BCUT2D eigenvalue weighted by Gasteiger charge is -2.30. The van der Waals surface area contributed by atoms with Crippen LogP contribution in [0.5, 0.6) is 5.75 Å². The fraction of sp³-hybridized carbons (Fsp3) is 0.571. The van der Waals surface area contributed by atoms with Gasteiger partial charge in [-0.15, -0.1) is 0 Å². The van der Waals surface area contributed by atoms with Crippen molar-refractivity contribution in [2.45, 2.75) is 45.6 Å². The molecule has 1 aromatic carbocycles. The van der Waals surface area contributed by atoms with Gasteiger partial charge < -0.3 is 9.84 Å². The molecule has 0 aromatic heterocycles. The molecular weight excluding hydrogens is 200 g/mol. The van der Waals surface area contributed by atoms with E-state index in [2.05, 4.69) is 13.8 Å². The lowest BCUT2D eigenvalue weighted by atomic mass is 9.80. The number of aliphatic hydroxyl groups is 1. The van der Waals surface area contributed by atoms with Gasteiger partial charge in [0.1, 0.15) is 5.75 Å². The number of aliphatic hydroxyl groups excluding tert-OH is 1. The first-order valence-electron chi connectivity index (χ1n) is 6.09. The molecule has 2 nitrogen and oxygen atoms in total. The maximum Gasteiger partial charge on any atom is 0.123 e. The van der Waals surface area contributed by atoms with E-state index in [9.17, 15) is 5.11 Å². The van der Waals surface area contributed by atoms with Gasteiger partial charge in [0.05, 0.1) is 12.7 Å². The third-order valence-electron chi connectivity index (χ3n) is 3.46. The van der Waals surface area contributed by atoms with E-state index in [-0.39, 0.29) is 6.10 Å². The zero-order chi connectivity index (χ0) is 11.7. The molecule has 0 fully saturated rings. The van der Waals surface area contributed by atoms with Crippen LogP contribution in [-0.2, 0) is 0 Å². The Hall–Kier alpha value is -1.02. The van der Waals surface area contributed by atoms with Gasteiger partial charge in [0, 0.05) is 5.56 Å². The van der Waals surface area contributed by atoms with Crippen molar-refractivity contribution in [3.63, 3.8) is 0 Å². The second-order valence-electron chi connectivity index (χ2n) is 4.64. The standard InChI is InChI=1S/C14H20O2/c1-4-16-12-8-6-9(2)13-11(15)7-5-10(3)14(12)13/h6,8,10-11,15H,4-5,7H2,1-3H3/t10?,11-/m0/s1. The molecule has 2 atom stereocenters. The Morgan fingerprint density at radius 1 is 1.31 bits per heavy atom. The largest absolute Gasteiger partial charge is 0.494 e. The van der Waals surface area contributed by atoms with E-state index in [0.29, 0.717) is 12.5 Å². The van der Waals surface area contributed by atoms with E-state index < -0.39 is 0 Å². The Balaban J connectivity index is 2.55. The lowest BCUT2D eigenvalue weighted by Crippen LogP contribution is -2.15. The summed E-state index contributed by atoms with van der Waals surface area (Å²) in [6.07, 6.45) is 1.59. The summed E-state index contributed by atoms with van der Waals surface area (Å²) in [5.74, 6) is 1.44. The molecule has 1 aliphatic rings. The van der Waals surface area contributed by atoms with Crippen LogP contribution in [0.25, 0.3) is 0 Å². The minimum atomic E-state index is -0.313. The molecule has 0 amide bonds. The van der Waals surface area contributed by atoms with Gasteiger partial charge in [-0.1, -0.05) is 13.0 Å². The van der Waals surface area contributed by atoms with Crippen LogP contribution in [0.3, 0.4) is 0 Å². The summed E-state index contributed by atoms with van der Waals surface area (Å²) in [6, 6.07) is 4.08. The fourth-order valence-electron chi connectivity index (χ4n) is 2.65. The molecule has 1 aromatic rings. The van der Waals surface area contributed by atoms with E-state index in [0.717, 1.165) is 24.2 Å². The minimum Gasteiger partial charge on any atom is -0.494 e. The first-order valence-corrected chi connectivity index (χ1v) is 6.09. The topological polar surface area (TPSA) is 29.5 Å². The highest BCUT2D eigenvalue weighted by molar-refractivity contribution is 5.49. The minimum absolute atomic E-state index is 0.313. The van der Waals surface area contributed by atoms with Gasteiger partial charge in [-0.3, -0.25) is 0 Å². The van der Waals surface area contributed by atoms with Gasteiger partial charge in [0.2, 0.25) is 0 Å². The molecule has 2 rings (SSSR count). The van der Waals surface area contributed by atoms with Crippen LogP contribution in [0.4, 0.5) is 0 Å². The molecule has 1 aliphatic carbocycles. The Bertz CT molecular complexity index is 385. The number of fused-ring (bicyclic) bond motifs is 1. The molecule has 0 heterocycles. The number of rotatable bonds is 2. The average molecular weight is 220 g/mol. The van der Waals surface area contributed by atoms with E-state index in [1.807, 2.05) is 19.1 Å². The molecule has 0 spiro atoms. The predicted octanol–water partition coefficient (Wildman–Crippen LogP) is 3.32. The van der Waals surface area contributed by atoms with Crippen molar-refractivity contribution >= 4 is 0 Å². The molecule has 1 unspecified atom stereocenters. The van der Waals surface area contributed by atoms with Crippen molar-refractivity contribution in [2.24, 2.45) is 0 Å². The third kappa shape index (κ3) is 1.82. The third-order valence-corrected chi connectivity index (χ3v) is 3.46. The van der Waals surface area contributed by atoms with Gasteiger partial charge in [0.15, 0.2) is 0 Å². The summed E-state index contributed by atoms with van der Waals surface area (Å²) in [7, 11) is 0. The highest BCUT2D eigenvalue weighted by atomic mass is 16.5. The summed E-state index contributed by atoms with van der Waals surface area (Å²) < 4.78 is 5.67. The number of hydrogen-bond acceptors (Lipinski definition) is 2. The van der Waals surface area contributed by atoms with E-state index in [1.54, 1.807) is 0 Å². The van der Waals surface area contributed by atoms with Gasteiger partial charge in [-0.2, -0.15) is 0 Å². The average Bonchev–Trinajstić information content (AvgIpc) is 2.26. The normalized spacial score (nSPS) is 24.0. The van der Waals surface area contributed by atoms with Crippen molar-refractivity contribution in [3.8, 4) is 5.75 Å². The smallest absolute Gasteiger partial charge is 0.123 e. The van der Waals surface area contributed by atoms with Crippen LogP contribution in [0.2, 0.25) is 0 Å². The summed E-state index contributed by atoms with van der Waals surface area (Å²) in [4.78, 5) is 0. The summed E-state index contributed by atoms with van der Waals surface area (Å²) in [5, 5.41) is 10.1. The van der Waals surface area contributed by atoms with Gasteiger partial charge in [-0.05, 0) is 49.8 Å². The van der Waals surface area contributed by atoms with Crippen molar-refractivity contribution in [1.82, 2.24) is 0 Å². The highest BCUT2D eigenvalue weighted by Gasteiger charge is 2.27. The van der Waals surface area contributed by atoms with Crippen LogP contribution in [0.15, 0.2) is 12.1 Å². The van der Waals surface area contributed by atoms with Crippen LogP contribution >= 0.6 is 0 Å². The van der Waals surface area contributed by atoms with Crippen LogP contribution < -0.4 is 4.74 Å². The van der Waals surface area contributed by atoms with Crippen LogP contribution in [0.1, 0.15) is 55.4 Å². The molecule has 0 aliphatic heterocycles. The zero-order valence-electron chi connectivity index (χ0n) is 10.3. The first-order chi connectivity index (χ1) is 7.65. The van der Waals surface area contributed by atoms with Crippen molar-refractivity contribution in [3.05, 3.63) is 28.8 Å². The molecule has 1 N–H and O–H groups in total. The van der Waals surface area contributed by atoms with E-state index in [1.165, 1.54) is 11.1 Å². The first kappa shape index (κ1) is 11.5. The van der Waals surface area contributed by atoms with Crippen LogP contribution in [-0.4, -0.2) is 11.7 Å². The highest BCUT2D eigenvalue weighted by Crippen LogP contribution is 2.43. The maximum absolute atomic E-state index is 10.1. The van der Waals surface area contributed by atoms with Crippen molar-refractivity contribution < 1.29 is 9.84 Å². The molecule has 0 saturated heterocycles. The molecule has 0 bridgehead atoms. The molecule has 0 saturated carbocycles. The Morgan fingerprint density at radius 3 is 2.75 bits per heavy atom. The molecule has 2 heteroatoms. The molecule has 88 valence electrons. The van der Waals surface area contributed by atoms with Crippen molar-refractivity contribution in [1.29, 1.82) is 0 Å². The number of benzene rings is 1. The maximum atomic E-state index is 10.1. The molecular formula is C14H20O2. The lowest BCUT2D eigenvalue weighted by molar-refractivity contribution is 0.149. The number of hydrogen-bond donors (Lipinski definition) is 1. The van der Waals surface area contributed by atoms with Crippen LogP contribution in [0, 0.1) is 6.92 Å². The second kappa shape index (κ2) is 4.46. The van der Waals surface area contributed by atoms with Gasteiger partial charge in [0.25, 0.3) is 0 Å². The van der Waals surface area contributed by atoms with E-state index in [4.69, 9.17) is 4.74 Å². The monoisotopic (exact) mass is 220 g/mol. The Morgan fingerprint density at radius 2 is 2.06 bits per heavy atom. The SMILES string of the molecule is CCOc1ccc(C)c2c1C(C)CC[C@@H]2O. The fourth-order valence-corrected chi connectivity index (χ4v) is 2.65. The quantitative estimate of drug-likeness (QED) is 0.828. The Labute approximate surface area is 97.3 Å². The summed E-state index contributed by atoms with van der Waals surface area (Å²) >= 11 is 0. The van der Waals surface area contributed by atoms with Crippen molar-refractivity contribution in [2.75, 3.05) is 6.61 Å². The molecule has 0 radical (unpaired) electrons.